The minimum Gasteiger partial charge on any atom is -0.399 e. The molecule has 2 aromatic rings. The third-order valence-corrected chi connectivity index (χ3v) is 4.47. The number of hydrogen-bond acceptors (Lipinski definition) is 3. The fourth-order valence-electron chi connectivity index (χ4n) is 1.84. The van der Waals surface area contributed by atoms with Gasteiger partial charge in [-0.25, -0.2) is 17.5 Å². The number of nitrogen functional groups attached to an aromatic ring is 1. The molecule has 2 rings (SSSR count). The molecule has 0 aromatic heterocycles. The molecule has 0 bridgehead atoms. The molecule has 0 amide bonds. The first-order valence-corrected chi connectivity index (χ1v) is 7.47. The zero-order valence-electron chi connectivity index (χ0n) is 10.9. The first kappa shape index (κ1) is 14.5. The van der Waals surface area contributed by atoms with E-state index in [1.807, 2.05) is 0 Å². The Bertz CT molecular complexity index is 730. The average Bonchev–Trinajstić information content (AvgIpc) is 2.40. The van der Waals surface area contributed by atoms with Crippen LogP contribution in [0.3, 0.4) is 0 Å². The monoisotopic (exact) mass is 294 g/mol. The Labute approximate surface area is 117 Å². The molecule has 6 heteroatoms. The highest BCUT2D eigenvalue weighted by Gasteiger charge is 2.18. The van der Waals surface area contributed by atoms with Gasteiger partial charge in [-0.1, -0.05) is 18.2 Å². The summed E-state index contributed by atoms with van der Waals surface area (Å²) in [5, 5.41) is 0. The van der Waals surface area contributed by atoms with E-state index in [9.17, 15) is 12.8 Å². The summed E-state index contributed by atoms with van der Waals surface area (Å²) in [6, 6.07) is 10.9. The summed E-state index contributed by atoms with van der Waals surface area (Å²) in [6.07, 6.45) is 0. The molecule has 0 spiro atoms. The van der Waals surface area contributed by atoms with Gasteiger partial charge in [-0.15, -0.1) is 0 Å². The summed E-state index contributed by atoms with van der Waals surface area (Å²) >= 11 is 0. The molecule has 0 aliphatic rings. The number of halogens is 1. The van der Waals surface area contributed by atoms with Gasteiger partial charge >= 0.3 is 0 Å². The van der Waals surface area contributed by atoms with Crippen LogP contribution in [0.25, 0.3) is 0 Å². The standard InChI is InChI=1S/C14H15FN2O2S/c1-10-13(15)6-3-7-14(10)20(18,19)17-9-11-4-2-5-12(16)8-11/h2-8,17H,9,16H2,1H3. The number of benzene rings is 2. The van der Waals surface area contributed by atoms with E-state index in [1.165, 1.54) is 25.1 Å². The fraction of sp³-hybridized carbons (Fsp3) is 0.143. The van der Waals surface area contributed by atoms with Gasteiger partial charge in [0, 0.05) is 17.8 Å². The Balaban J connectivity index is 2.22. The predicted molar refractivity (Wildman–Crippen MR) is 76.0 cm³/mol. The van der Waals surface area contributed by atoms with E-state index in [2.05, 4.69) is 4.72 Å². The van der Waals surface area contributed by atoms with Gasteiger partial charge in [0.05, 0.1) is 4.90 Å². The highest BCUT2D eigenvalue weighted by molar-refractivity contribution is 7.89. The van der Waals surface area contributed by atoms with Crippen LogP contribution < -0.4 is 10.5 Å². The molecule has 0 fully saturated rings. The van der Waals surface area contributed by atoms with Gasteiger partial charge in [0.15, 0.2) is 0 Å². The molecule has 106 valence electrons. The summed E-state index contributed by atoms with van der Waals surface area (Å²) in [5.41, 5.74) is 7.03. The second-order valence-electron chi connectivity index (χ2n) is 4.43. The van der Waals surface area contributed by atoms with Crippen LogP contribution in [0.1, 0.15) is 11.1 Å². The lowest BCUT2D eigenvalue weighted by atomic mass is 10.2. The summed E-state index contributed by atoms with van der Waals surface area (Å²) in [4.78, 5) is -0.0543. The van der Waals surface area contributed by atoms with Crippen LogP contribution in [0, 0.1) is 12.7 Å². The lowest BCUT2D eigenvalue weighted by molar-refractivity contribution is 0.574. The lowest BCUT2D eigenvalue weighted by Gasteiger charge is -2.10. The molecule has 3 N–H and O–H groups in total. The second kappa shape index (κ2) is 5.60. The van der Waals surface area contributed by atoms with Crippen molar-refractivity contribution in [2.45, 2.75) is 18.4 Å². The molecule has 0 atom stereocenters. The van der Waals surface area contributed by atoms with Crippen molar-refractivity contribution in [1.82, 2.24) is 4.72 Å². The molecule has 0 unspecified atom stereocenters. The van der Waals surface area contributed by atoms with Crippen molar-refractivity contribution in [2.24, 2.45) is 0 Å². The van der Waals surface area contributed by atoms with Crippen molar-refractivity contribution in [3.8, 4) is 0 Å². The predicted octanol–water partition coefficient (Wildman–Crippen LogP) is 2.19. The van der Waals surface area contributed by atoms with Gasteiger partial charge in [-0.05, 0) is 36.8 Å². The Kier molecular flexibility index (Phi) is 4.06. The molecule has 0 saturated carbocycles. The zero-order chi connectivity index (χ0) is 14.8. The SMILES string of the molecule is Cc1c(F)cccc1S(=O)(=O)NCc1cccc(N)c1. The Morgan fingerprint density at radius 2 is 1.90 bits per heavy atom. The molecule has 0 radical (unpaired) electrons. The van der Waals surface area contributed by atoms with Gasteiger partial charge in [0.25, 0.3) is 0 Å². The van der Waals surface area contributed by atoms with Crippen LogP contribution in [0.4, 0.5) is 10.1 Å². The first-order valence-electron chi connectivity index (χ1n) is 5.99. The van der Waals surface area contributed by atoms with Crippen molar-refractivity contribution in [3.63, 3.8) is 0 Å². The van der Waals surface area contributed by atoms with E-state index in [0.29, 0.717) is 5.69 Å². The number of rotatable bonds is 4. The third-order valence-electron chi connectivity index (χ3n) is 2.92. The minimum absolute atomic E-state index is 0.0543. The normalized spacial score (nSPS) is 11.5. The molecule has 4 nitrogen and oxygen atoms in total. The van der Waals surface area contributed by atoms with E-state index >= 15 is 0 Å². The second-order valence-corrected chi connectivity index (χ2v) is 6.17. The van der Waals surface area contributed by atoms with E-state index < -0.39 is 15.8 Å². The van der Waals surface area contributed by atoms with Crippen LogP contribution in [0.5, 0.6) is 0 Å². The molecule has 0 aliphatic carbocycles. The summed E-state index contributed by atoms with van der Waals surface area (Å²) < 4.78 is 40.2. The topological polar surface area (TPSA) is 72.2 Å². The lowest BCUT2D eigenvalue weighted by Crippen LogP contribution is -2.24. The quantitative estimate of drug-likeness (QED) is 0.849. The molecular weight excluding hydrogens is 279 g/mol. The van der Waals surface area contributed by atoms with Crippen molar-refractivity contribution >= 4 is 15.7 Å². The zero-order valence-corrected chi connectivity index (χ0v) is 11.7. The average molecular weight is 294 g/mol. The largest absolute Gasteiger partial charge is 0.399 e. The molecule has 20 heavy (non-hydrogen) atoms. The van der Waals surface area contributed by atoms with Crippen LogP contribution in [0.15, 0.2) is 47.4 Å². The van der Waals surface area contributed by atoms with Crippen molar-refractivity contribution in [2.75, 3.05) is 5.73 Å². The van der Waals surface area contributed by atoms with E-state index in [0.717, 1.165) is 5.56 Å². The number of anilines is 1. The van der Waals surface area contributed by atoms with Crippen molar-refractivity contribution < 1.29 is 12.8 Å². The van der Waals surface area contributed by atoms with Crippen LogP contribution in [-0.4, -0.2) is 8.42 Å². The number of nitrogens with two attached hydrogens (primary N) is 1. The van der Waals surface area contributed by atoms with Gasteiger partial charge in [0.1, 0.15) is 5.82 Å². The smallest absolute Gasteiger partial charge is 0.241 e. The molecule has 2 aromatic carbocycles. The Hall–Kier alpha value is -1.92. The van der Waals surface area contributed by atoms with Gasteiger partial charge < -0.3 is 5.73 Å². The van der Waals surface area contributed by atoms with E-state index in [-0.39, 0.29) is 17.0 Å². The van der Waals surface area contributed by atoms with Gasteiger partial charge in [0.2, 0.25) is 10.0 Å². The third kappa shape index (κ3) is 3.15. The summed E-state index contributed by atoms with van der Waals surface area (Å²) in [7, 11) is -3.76. The first-order chi connectivity index (χ1) is 9.40. The maximum Gasteiger partial charge on any atom is 0.241 e. The van der Waals surface area contributed by atoms with Crippen LogP contribution in [-0.2, 0) is 16.6 Å². The fourth-order valence-corrected chi connectivity index (χ4v) is 3.11. The molecule has 0 heterocycles. The maximum absolute atomic E-state index is 13.4. The van der Waals surface area contributed by atoms with Crippen molar-refractivity contribution in [3.05, 3.63) is 59.4 Å². The van der Waals surface area contributed by atoms with Gasteiger partial charge in [-0.2, -0.15) is 0 Å². The number of nitrogens with one attached hydrogen (secondary N) is 1. The Morgan fingerprint density at radius 1 is 1.20 bits per heavy atom. The van der Waals surface area contributed by atoms with E-state index in [1.54, 1.807) is 24.3 Å². The van der Waals surface area contributed by atoms with Crippen LogP contribution >= 0.6 is 0 Å². The highest BCUT2D eigenvalue weighted by atomic mass is 32.2. The number of hydrogen-bond donors (Lipinski definition) is 2. The molecule has 0 saturated heterocycles. The van der Waals surface area contributed by atoms with Gasteiger partial charge in [-0.3, -0.25) is 0 Å². The molecular formula is C14H15FN2O2S. The summed E-state index contributed by atoms with van der Waals surface area (Å²) in [6.45, 7) is 1.54. The summed E-state index contributed by atoms with van der Waals surface area (Å²) in [5.74, 6) is -0.545. The Morgan fingerprint density at radius 3 is 2.60 bits per heavy atom. The van der Waals surface area contributed by atoms with Crippen LogP contribution in [0.2, 0.25) is 0 Å². The minimum atomic E-state index is -3.76. The molecule has 0 aliphatic heterocycles. The highest BCUT2D eigenvalue weighted by Crippen LogP contribution is 2.18. The van der Waals surface area contributed by atoms with Crippen molar-refractivity contribution in [1.29, 1.82) is 0 Å². The number of sulfonamides is 1. The van der Waals surface area contributed by atoms with E-state index in [4.69, 9.17) is 5.73 Å². The maximum atomic E-state index is 13.4.